The van der Waals surface area contributed by atoms with E-state index in [1.807, 2.05) is 6.92 Å². The van der Waals surface area contributed by atoms with E-state index in [1.165, 1.54) is 6.33 Å². The second-order valence-electron chi connectivity index (χ2n) is 1.86. The summed E-state index contributed by atoms with van der Waals surface area (Å²) in [6.45, 7) is 2.32. The summed E-state index contributed by atoms with van der Waals surface area (Å²) in [6, 6.07) is 1.64. The maximum atomic E-state index is 7.32. The predicted molar refractivity (Wildman–Crippen MR) is 40.5 cm³/mol. The van der Waals surface area contributed by atoms with Gasteiger partial charge in [0.1, 0.15) is 12.0 Å². The molecule has 58 valence electrons. The van der Waals surface area contributed by atoms with Gasteiger partial charge in [-0.05, 0) is 13.0 Å². The second-order valence-corrected chi connectivity index (χ2v) is 1.86. The molecule has 4 nitrogen and oxygen atoms in total. The molecular weight excluding hydrogens is 142 g/mol. The van der Waals surface area contributed by atoms with Crippen LogP contribution in [0.25, 0.3) is 0 Å². The Morgan fingerprint density at radius 1 is 1.73 bits per heavy atom. The fourth-order valence-corrected chi connectivity index (χ4v) is 0.643. The van der Waals surface area contributed by atoms with Crippen molar-refractivity contribution in [2.24, 2.45) is 0 Å². The fourth-order valence-electron chi connectivity index (χ4n) is 0.643. The van der Waals surface area contributed by atoms with Gasteiger partial charge in [0, 0.05) is 6.20 Å². The van der Waals surface area contributed by atoms with E-state index in [0.717, 1.165) is 0 Å². The van der Waals surface area contributed by atoms with Crippen LogP contribution in [-0.4, -0.2) is 22.5 Å². The second kappa shape index (κ2) is 3.65. The highest BCUT2D eigenvalue weighted by molar-refractivity contribution is 5.89. The van der Waals surface area contributed by atoms with Gasteiger partial charge in [-0.1, -0.05) is 0 Å². The molecule has 0 atom stereocenters. The van der Waals surface area contributed by atoms with Gasteiger partial charge in [0.25, 0.3) is 0 Å². The quantitative estimate of drug-likeness (QED) is 0.503. The monoisotopic (exact) mass is 151 g/mol. The Morgan fingerprint density at radius 2 is 2.55 bits per heavy atom. The maximum Gasteiger partial charge on any atom is 0.232 e. The van der Waals surface area contributed by atoms with Crippen molar-refractivity contribution in [1.29, 1.82) is 5.41 Å². The van der Waals surface area contributed by atoms with E-state index in [9.17, 15) is 0 Å². The summed E-state index contributed by atoms with van der Waals surface area (Å²) in [5.74, 6) is 0.0925. The summed E-state index contributed by atoms with van der Waals surface area (Å²) in [4.78, 5) is 7.56. The van der Waals surface area contributed by atoms with Crippen molar-refractivity contribution < 1.29 is 4.74 Å². The Kier molecular flexibility index (Phi) is 2.54. The van der Waals surface area contributed by atoms with Crippen LogP contribution in [0.1, 0.15) is 12.6 Å². The number of aromatic nitrogens is 2. The van der Waals surface area contributed by atoms with E-state index in [1.54, 1.807) is 12.3 Å². The van der Waals surface area contributed by atoms with Crippen LogP contribution in [0.3, 0.4) is 0 Å². The largest absolute Gasteiger partial charge is 0.477 e. The molecule has 11 heavy (non-hydrogen) atoms. The molecule has 1 aromatic rings. The molecule has 1 aromatic heterocycles. The molecule has 4 heteroatoms. The number of nitrogens with one attached hydrogen (secondary N) is 1. The molecule has 1 heterocycles. The summed E-state index contributed by atoms with van der Waals surface area (Å²) < 4.78 is 4.92. The van der Waals surface area contributed by atoms with Crippen LogP contribution in [0.4, 0.5) is 0 Å². The summed E-state index contributed by atoms with van der Waals surface area (Å²) >= 11 is 0. The third kappa shape index (κ3) is 2.00. The van der Waals surface area contributed by atoms with Gasteiger partial charge in [0.05, 0.1) is 6.61 Å². The van der Waals surface area contributed by atoms with E-state index >= 15 is 0 Å². The molecule has 1 N–H and O–H groups in total. The number of ether oxygens (including phenoxy) is 1. The molecule has 0 aliphatic carbocycles. The molecule has 0 saturated carbocycles. The molecule has 0 saturated heterocycles. The van der Waals surface area contributed by atoms with E-state index in [2.05, 4.69) is 9.97 Å². The number of hydrogen-bond donors (Lipinski definition) is 1. The molecule has 0 aliphatic rings. The molecule has 0 bridgehead atoms. The highest BCUT2D eigenvalue weighted by atomic mass is 16.5. The molecule has 0 spiro atoms. The van der Waals surface area contributed by atoms with Crippen LogP contribution < -0.4 is 0 Å². The average molecular weight is 151 g/mol. The minimum Gasteiger partial charge on any atom is -0.477 e. The van der Waals surface area contributed by atoms with Gasteiger partial charge in [0.2, 0.25) is 5.90 Å². The van der Waals surface area contributed by atoms with Crippen molar-refractivity contribution >= 4 is 5.90 Å². The number of rotatable bonds is 2. The van der Waals surface area contributed by atoms with E-state index in [-0.39, 0.29) is 5.90 Å². The Labute approximate surface area is 64.8 Å². The van der Waals surface area contributed by atoms with Gasteiger partial charge >= 0.3 is 0 Å². The van der Waals surface area contributed by atoms with Crippen LogP contribution in [0, 0.1) is 5.41 Å². The first kappa shape index (κ1) is 7.65. The number of hydrogen-bond acceptors (Lipinski definition) is 4. The lowest BCUT2D eigenvalue weighted by molar-refractivity contribution is 0.324. The normalized spacial score (nSPS) is 9.18. The highest BCUT2D eigenvalue weighted by Crippen LogP contribution is 1.93. The predicted octanol–water partition coefficient (Wildman–Crippen LogP) is 0.838. The lowest BCUT2D eigenvalue weighted by Gasteiger charge is -2.01. The van der Waals surface area contributed by atoms with E-state index in [4.69, 9.17) is 10.1 Å². The smallest absolute Gasteiger partial charge is 0.232 e. The van der Waals surface area contributed by atoms with Crippen molar-refractivity contribution in [2.75, 3.05) is 6.61 Å². The van der Waals surface area contributed by atoms with Crippen LogP contribution in [-0.2, 0) is 4.74 Å². The zero-order valence-electron chi connectivity index (χ0n) is 6.24. The Morgan fingerprint density at radius 3 is 3.09 bits per heavy atom. The Bertz CT molecular complexity index is 235. The lowest BCUT2D eigenvalue weighted by atomic mass is 10.4. The molecule has 0 fully saturated rings. The number of nitrogens with zero attached hydrogens (tertiary/aromatic N) is 2. The van der Waals surface area contributed by atoms with Gasteiger partial charge < -0.3 is 4.74 Å². The standard InChI is InChI=1S/C7H9N3O/c1-2-11-7(8)6-3-4-9-5-10-6/h3-5,8H,2H2,1H3. The Hall–Kier alpha value is -1.45. The maximum absolute atomic E-state index is 7.32. The van der Waals surface area contributed by atoms with Crippen LogP contribution in [0.5, 0.6) is 0 Å². The van der Waals surface area contributed by atoms with Crippen LogP contribution in [0.15, 0.2) is 18.6 Å². The first-order chi connectivity index (χ1) is 5.34. The summed E-state index contributed by atoms with van der Waals surface area (Å²) in [5.41, 5.74) is 0.516. The van der Waals surface area contributed by atoms with Gasteiger partial charge in [0.15, 0.2) is 0 Å². The van der Waals surface area contributed by atoms with Crippen molar-refractivity contribution in [1.82, 2.24) is 9.97 Å². The molecule has 0 radical (unpaired) electrons. The zero-order chi connectivity index (χ0) is 8.10. The fraction of sp³-hybridized carbons (Fsp3) is 0.286. The summed E-state index contributed by atoms with van der Waals surface area (Å²) in [5, 5.41) is 7.32. The Balaban J connectivity index is 2.69. The van der Waals surface area contributed by atoms with Gasteiger partial charge in [-0.2, -0.15) is 0 Å². The third-order valence-corrected chi connectivity index (χ3v) is 1.10. The molecule has 0 unspecified atom stereocenters. The SMILES string of the molecule is CCOC(=N)c1ccncn1. The van der Waals surface area contributed by atoms with Crippen molar-refractivity contribution in [3.63, 3.8) is 0 Å². The summed E-state index contributed by atoms with van der Waals surface area (Å²) in [6.07, 6.45) is 2.97. The average Bonchev–Trinajstić information content (AvgIpc) is 2.07. The molecule has 1 rings (SSSR count). The third-order valence-electron chi connectivity index (χ3n) is 1.10. The van der Waals surface area contributed by atoms with E-state index < -0.39 is 0 Å². The van der Waals surface area contributed by atoms with E-state index in [0.29, 0.717) is 12.3 Å². The minimum atomic E-state index is 0.0925. The first-order valence-corrected chi connectivity index (χ1v) is 3.32. The van der Waals surface area contributed by atoms with Gasteiger partial charge in [-0.3, -0.25) is 5.41 Å². The topological polar surface area (TPSA) is 58.9 Å². The first-order valence-electron chi connectivity index (χ1n) is 3.32. The van der Waals surface area contributed by atoms with Crippen LogP contribution >= 0.6 is 0 Å². The van der Waals surface area contributed by atoms with Crippen molar-refractivity contribution in [2.45, 2.75) is 6.92 Å². The molecular formula is C7H9N3O. The van der Waals surface area contributed by atoms with Crippen LogP contribution in [0.2, 0.25) is 0 Å². The van der Waals surface area contributed by atoms with Gasteiger partial charge in [-0.25, -0.2) is 9.97 Å². The highest BCUT2D eigenvalue weighted by Gasteiger charge is 2.00. The molecule has 0 aromatic carbocycles. The lowest BCUT2D eigenvalue weighted by Crippen LogP contribution is -2.06. The molecule has 0 aliphatic heterocycles. The zero-order valence-corrected chi connectivity index (χ0v) is 6.24. The summed E-state index contributed by atoms with van der Waals surface area (Å²) in [7, 11) is 0. The molecule has 0 amide bonds. The van der Waals surface area contributed by atoms with Gasteiger partial charge in [-0.15, -0.1) is 0 Å². The minimum absolute atomic E-state index is 0.0925. The van der Waals surface area contributed by atoms with Crippen molar-refractivity contribution in [3.05, 3.63) is 24.3 Å². The van der Waals surface area contributed by atoms with Crippen molar-refractivity contribution in [3.8, 4) is 0 Å².